The maximum atomic E-state index is 12.8. The fourth-order valence-electron chi connectivity index (χ4n) is 4.69. The average Bonchev–Trinajstić information content (AvgIpc) is 3.12. The molecule has 1 aromatic rings. The van der Waals surface area contributed by atoms with E-state index in [-0.39, 0.29) is 42.0 Å². The van der Waals surface area contributed by atoms with Crippen LogP contribution in [0.15, 0.2) is 23.0 Å². The number of amides is 1. The van der Waals surface area contributed by atoms with E-state index in [9.17, 15) is 14.7 Å². The molecule has 1 aromatic heterocycles. The predicted molar refractivity (Wildman–Crippen MR) is 102 cm³/mol. The van der Waals surface area contributed by atoms with Crippen LogP contribution in [-0.2, 0) is 11.3 Å². The molecule has 1 N–H and O–H groups in total. The summed E-state index contributed by atoms with van der Waals surface area (Å²) in [4.78, 5) is 29.5. The number of aromatic nitrogens is 1. The predicted octanol–water partition coefficient (Wildman–Crippen LogP) is 1.34. The summed E-state index contributed by atoms with van der Waals surface area (Å²) in [6.07, 6.45) is 4.61. The van der Waals surface area contributed by atoms with Gasteiger partial charge in [0.15, 0.2) is 0 Å². The summed E-state index contributed by atoms with van der Waals surface area (Å²) in [5.74, 6) is -0.0498. The second-order valence-electron chi connectivity index (χ2n) is 7.50. The van der Waals surface area contributed by atoms with E-state index in [0.717, 1.165) is 18.7 Å². The van der Waals surface area contributed by atoms with Crippen molar-refractivity contribution in [3.8, 4) is 0 Å². The van der Waals surface area contributed by atoms with Gasteiger partial charge in [0.1, 0.15) is 0 Å². The van der Waals surface area contributed by atoms with Crippen LogP contribution in [-0.4, -0.2) is 58.7 Å². The number of carbonyl (C=O) groups excluding carboxylic acids is 1. The molecule has 0 radical (unpaired) electrons. The normalized spacial score (nSPS) is 27.7. The highest BCUT2D eigenvalue weighted by Gasteiger charge is 2.55. The highest BCUT2D eigenvalue weighted by Crippen LogP contribution is 2.49. The number of hydrogen-bond acceptors (Lipinski definition) is 4. The molecule has 0 aliphatic carbocycles. The van der Waals surface area contributed by atoms with Crippen molar-refractivity contribution in [2.75, 3.05) is 27.2 Å². The number of pyridine rings is 1. The molecule has 6 heteroatoms. The third-order valence-electron chi connectivity index (χ3n) is 5.74. The van der Waals surface area contributed by atoms with E-state index in [1.165, 1.54) is 0 Å². The molecule has 142 valence electrons. The van der Waals surface area contributed by atoms with Crippen LogP contribution in [0.3, 0.4) is 0 Å². The molecule has 26 heavy (non-hydrogen) atoms. The van der Waals surface area contributed by atoms with Gasteiger partial charge in [0.2, 0.25) is 5.91 Å². The Kier molecular flexibility index (Phi) is 5.34. The summed E-state index contributed by atoms with van der Waals surface area (Å²) < 4.78 is 1.84. The third kappa shape index (κ3) is 2.81. The van der Waals surface area contributed by atoms with Gasteiger partial charge in [-0.25, -0.2) is 0 Å². The minimum absolute atomic E-state index is 0.00774. The first kappa shape index (κ1) is 18.9. The van der Waals surface area contributed by atoms with E-state index in [1.807, 2.05) is 35.8 Å². The zero-order chi connectivity index (χ0) is 19.0. The van der Waals surface area contributed by atoms with Crippen LogP contribution < -0.4 is 5.56 Å². The Morgan fingerprint density at radius 2 is 2.12 bits per heavy atom. The van der Waals surface area contributed by atoms with Crippen LogP contribution in [0.2, 0.25) is 0 Å². The molecule has 2 aliphatic heterocycles. The lowest BCUT2D eigenvalue weighted by molar-refractivity contribution is -0.135. The molecule has 4 atom stereocenters. The molecule has 3 rings (SSSR count). The van der Waals surface area contributed by atoms with Crippen molar-refractivity contribution in [3.63, 3.8) is 0 Å². The Morgan fingerprint density at radius 1 is 1.38 bits per heavy atom. The largest absolute Gasteiger partial charge is 0.396 e. The maximum Gasteiger partial charge on any atom is 0.258 e. The van der Waals surface area contributed by atoms with Crippen molar-refractivity contribution in [2.24, 2.45) is 11.8 Å². The van der Waals surface area contributed by atoms with Gasteiger partial charge in [-0.3, -0.25) is 14.5 Å². The first-order valence-electron chi connectivity index (χ1n) is 9.40. The van der Waals surface area contributed by atoms with Crippen LogP contribution in [0.1, 0.15) is 37.6 Å². The van der Waals surface area contributed by atoms with Gasteiger partial charge in [0, 0.05) is 50.3 Å². The van der Waals surface area contributed by atoms with Gasteiger partial charge >= 0.3 is 0 Å². The van der Waals surface area contributed by atoms with Crippen molar-refractivity contribution >= 4 is 12.0 Å². The summed E-state index contributed by atoms with van der Waals surface area (Å²) >= 11 is 0. The lowest BCUT2D eigenvalue weighted by Gasteiger charge is -2.32. The smallest absolute Gasteiger partial charge is 0.258 e. The first-order chi connectivity index (χ1) is 12.5. The second-order valence-corrected chi connectivity index (χ2v) is 7.50. The number of allylic oxidation sites excluding steroid dienone is 1. The minimum atomic E-state index is -0.330. The number of aliphatic hydroxyl groups is 1. The minimum Gasteiger partial charge on any atom is -0.396 e. The molecule has 0 aromatic carbocycles. The number of nitrogens with zero attached hydrogens (tertiary/aromatic N) is 3. The Bertz CT molecular complexity index is 768. The van der Waals surface area contributed by atoms with Crippen molar-refractivity contribution in [2.45, 2.75) is 38.9 Å². The summed E-state index contributed by atoms with van der Waals surface area (Å²) in [7, 11) is 3.52. The third-order valence-corrected chi connectivity index (χ3v) is 5.74. The lowest BCUT2D eigenvalue weighted by atomic mass is 9.88. The van der Waals surface area contributed by atoms with Gasteiger partial charge < -0.3 is 14.6 Å². The number of rotatable bonds is 5. The number of likely N-dealkylation sites (tertiary alicyclic amines) is 1. The van der Waals surface area contributed by atoms with Crippen LogP contribution in [0.5, 0.6) is 0 Å². The fraction of sp³-hybridized carbons (Fsp3) is 0.600. The number of hydrogen-bond donors (Lipinski definition) is 1. The summed E-state index contributed by atoms with van der Waals surface area (Å²) in [5.41, 5.74) is 1.66. The molecule has 6 nitrogen and oxygen atoms in total. The summed E-state index contributed by atoms with van der Waals surface area (Å²) in [5, 5.41) is 10.1. The first-order valence-corrected chi connectivity index (χ1v) is 9.40. The van der Waals surface area contributed by atoms with Crippen LogP contribution in [0, 0.1) is 11.8 Å². The number of aliphatic hydroxyl groups excluding tert-OH is 1. The Balaban J connectivity index is 2.08. The molecule has 3 heterocycles. The highest BCUT2D eigenvalue weighted by atomic mass is 16.3. The van der Waals surface area contributed by atoms with Gasteiger partial charge in [0.05, 0.1) is 12.1 Å². The SMILES string of the molecule is C/C=C/c1ccc2n(c1=O)C[C@@H]1[C@@H](CO)[C@H](C(=O)N(C)C)N(CCC)[C@H]21. The van der Waals surface area contributed by atoms with Crippen molar-refractivity contribution in [1.29, 1.82) is 0 Å². The van der Waals surface area contributed by atoms with E-state index < -0.39 is 0 Å². The van der Waals surface area contributed by atoms with Gasteiger partial charge in [0.25, 0.3) is 5.56 Å². The lowest BCUT2D eigenvalue weighted by Crippen LogP contribution is -2.48. The van der Waals surface area contributed by atoms with Crippen molar-refractivity contribution in [3.05, 3.63) is 39.8 Å². The summed E-state index contributed by atoms with van der Waals surface area (Å²) in [6.45, 7) is 5.28. The zero-order valence-electron chi connectivity index (χ0n) is 16.1. The average molecular weight is 359 g/mol. The molecule has 2 aliphatic rings. The van der Waals surface area contributed by atoms with E-state index in [4.69, 9.17) is 0 Å². The standard InChI is InChI=1S/C20H29N3O3/c1-5-7-13-8-9-16-17-14(11-23(16)19(13)25)15(12-24)18(20(26)21(3)4)22(17)10-6-2/h5,7-9,14-15,17-18,24H,6,10-12H2,1-4H3/b7-5+/t14-,15-,17+,18-/m1/s1. The molecule has 0 saturated carbocycles. The molecule has 1 saturated heterocycles. The van der Waals surface area contributed by atoms with E-state index >= 15 is 0 Å². The monoisotopic (exact) mass is 359 g/mol. The highest BCUT2D eigenvalue weighted by molar-refractivity contribution is 5.82. The van der Waals surface area contributed by atoms with E-state index in [2.05, 4.69) is 11.8 Å². The Morgan fingerprint density at radius 3 is 2.69 bits per heavy atom. The topological polar surface area (TPSA) is 65.8 Å². The van der Waals surface area contributed by atoms with Crippen molar-refractivity contribution < 1.29 is 9.90 Å². The van der Waals surface area contributed by atoms with Gasteiger partial charge in [-0.2, -0.15) is 0 Å². The molecule has 1 amide bonds. The Labute approximate surface area is 154 Å². The summed E-state index contributed by atoms with van der Waals surface area (Å²) in [6, 6.07) is 3.56. The van der Waals surface area contributed by atoms with Gasteiger partial charge in [-0.05, 0) is 32.0 Å². The molecule has 0 unspecified atom stereocenters. The van der Waals surface area contributed by atoms with E-state index in [1.54, 1.807) is 19.0 Å². The number of likely N-dealkylation sites (N-methyl/N-ethyl adjacent to an activating group) is 1. The number of fused-ring (bicyclic) bond motifs is 3. The molecule has 1 fully saturated rings. The molecular formula is C20H29N3O3. The van der Waals surface area contributed by atoms with Crippen molar-refractivity contribution in [1.82, 2.24) is 14.4 Å². The van der Waals surface area contributed by atoms with Crippen LogP contribution in [0.25, 0.3) is 6.08 Å². The maximum absolute atomic E-state index is 12.8. The van der Waals surface area contributed by atoms with Crippen LogP contribution >= 0.6 is 0 Å². The fourth-order valence-corrected chi connectivity index (χ4v) is 4.69. The van der Waals surface area contributed by atoms with Gasteiger partial charge in [-0.15, -0.1) is 0 Å². The molecule has 0 spiro atoms. The van der Waals surface area contributed by atoms with Gasteiger partial charge in [-0.1, -0.05) is 19.1 Å². The molecule has 0 bridgehead atoms. The number of carbonyl (C=O) groups is 1. The van der Waals surface area contributed by atoms with E-state index in [0.29, 0.717) is 12.1 Å². The second kappa shape index (κ2) is 7.37. The quantitative estimate of drug-likeness (QED) is 0.862. The molecular weight excluding hydrogens is 330 g/mol. The zero-order valence-corrected chi connectivity index (χ0v) is 16.1. The van der Waals surface area contributed by atoms with Crippen LogP contribution in [0.4, 0.5) is 0 Å². The Hall–Kier alpha value is -1.92.